The molecule has 32 heavy (non-hydrogen) atoms. The molecule has 5 rings (SSSR count). The van der Waals surface area contributed by atoms with Gasteiger partial charge in [-0.1, -0.05) is 30.3 Å². The maximum atomic E-state index is 12.9. The summed E-state index contributed by atoms with van der Waals surface area (Å²) in [4.78, 5) is 17.1. The first-order chi connectivity index (χ1) is 15.7. The highest BCUT2D eigenvalue weighted by Gasteiger charge is 2.25. The van der Waals surface area contributed by atoms with E-state index >= 15 is 0 Å². The topological polar surface area (TPSA) is 50.6 Å². The molecule has 0 saturated carbocycles. The number of carbonyl (C=O) groups excluding carboxylic acids is 1. The van der Waals surface area contributed by atoms with E-state index in [2.05, 4.69) is 20.7 Å². The largest absolute Gasteiger partial charge is 0.366 e. The molecule has 2 aliphatic heterocycles. The molecule has 2 aromatic carbocycles. The zero-order valence-electron chi connectivity index (χ0n) is 18.6. The van der Waals surface area contributed by atoms with Gasteiger partial charge in [0.15, 0.2) is 0 Å². The molecule has 0 N–H and O–H groups in total. The van der Waals surface area contributed by atoms with Gasteiger partial charge in [-0.05, 0) is 62.7 Å². The molecule has 1 fully saturated rings. The molecule has 1 amide bonds. The Kier molecular flexibility index (Phi) is 6.06. The van der Waals surface area contributed by atoms with Crippen molar-refractivity contribution in [2.24, 2.45) is 0 Å². The van der Waals surface area contributed by atoms with Crippen molar-refractivity contribution in [3.63, 3.8) is 0 Å². The first-order valence-electron chi connectivity index (χ1n) is 11.6. The lowest BCUT2D eigenvalue weighted by molar-refractivity contribution is -0.121. The van der Waals surface area contributed by atoms with Crippen LogP contribution >= 0.6 is 0 Å². The summed E-state index contributed by atoms with van der Waals surface area (Å²) in [5, 5.41) is 5.64. The molecule has 2 aliphatic rings. The van der Waals surface area contributed by atoms with Gasteiger partial charge in [0.1, 0.15) is 0 Å². The monoisotopic (exact) mass is 430 g/mol. The van der Waals surface area contributed by atoms with E-state index < -0.39 is 0 Å². The SMILES string of the molecule is CC(OC1C=CN(c2ccc3c(cnn3CCN3CCCC3)c2)C(=O)C1)c1ccccc1. The van der Waals surface area contributed by atoms with Crippen molar-refractivity contribution >= 4 is 22.5 Å². The summed E-state index contributed by atoms with van der Waals surface area (Å²) in [5.74, 6) is 0.0403. The van der Waals surface area contributed by atoms with E-state index in [1.807, 2.05) is 67.9 Å². The Bertz CT molecular complexity index is 1100. The molecule has 3 aromatic rings. The lowest BCUT2D eigenvalue weighted by Gasteiger charge is -2.28. The number of ether oxygens (including phenoxy) is 1. The number of carbonyl (C=O) groups is 1. The van der Waals surface area contributed by atoms with Crippen molar-refractivity contribution in [2.45, 2.75) is 44.9 Å². The fourth-order valence-electron chi connectivity index (χ4n) is 4.64. The predicted octanol–water partition coefficient (Wildman–Crippen LogP) is 4.53. The number of hydrogen-bond acceptors (Lipinski definition) is 4. The number of fused-ring (bicyclic) bond motifs is 1. The Morgan fingerprint density at radius 1 is 1.09 bits per heavy atom. The molecule has 166 valence electrons. The van der Waals surface area contributed by atoms with Crippen LogP contribution in [0.4, 0.5) is 5.69 Å². The summed E-state index contributed by atoms with van der Waals surface area (Å²) >= 11 is 0. The molecular formula is C26H30N4O2. The number of amides is 1. The molecule has 0 radical (unpaired) electrons. The van der Waals surface area contributed by atoms with Crippen molar-refractivity contribution in [2.75, 3.05) is 24.5 Å². The number of hydrogen-bond donors (Lipinski definition) is 0. The first-order valence-corrected chi connectivity index (χ1v) is 11.6. The van der Waals surface area contributed by atoms with Crippen LogP contribution in [0.5, 0.6) is 0 Å². The van der Waals surface area contributed by atoms with Crippen LogP contribution in [0, 0.1) is 0 Å². The van der Waals surface area contributed by atoms with Crippen molar-refractivity contribution in [1.29, 1.82) is 0 Å². The summed E-state index contributed by atoms with van der Waals surface area (Å²) in [6, 6.07) is 16.2. The minimum absolute atomic E-state index is 0.0403. The number of nitrogens with zero attached hydrogens (tertiary/aromatic N) is 4. The third-order valence-electron chi connectivity index (χ3n) is 6.47. The van der Waals surface area contributed by atoms with Gasteiger partial charge in [-0.3, -0.25) is 14.4 Å². The van der Waals surface area contributed by atoms with Gasteiger partial charge >= 0.3 is 0 Å². The molecule has 0 bridgehead atoms. The molecule has 1 saturated heterocycles. The minimum Gasteiger partial charge on any atom is -0.366 e. The number of benzene rings is 2. The van der Waals surface area contributed by atoms with Gasteiger partial charge in [-0.25, -0.2) is 0 Å². The third-order valence-corrected chi connectivity index (χ3v) is 6.47. The normalized spacial score (nSPS) is 20.3. The second-order valence-electron chi connectivity index (χ2n) is 8.70. The third kappa shape index (κ3) is 4.47. The number of anilines is 1. The number of likely N-dealkylation sites (tertiary alicyclic amines) is 1. The smallest absolute Gasteiger partial charge is 0.233 e. The molecule has 3 heterocycles. The highest BCUT2D eigenvalue weighted by molar-refractivity contribution is 5.98. The fourth-order valence-corrected chi connectivity index (χ4v) is 4.64. The van der Waals surface area contributed by atoms with Crippen LogP contribution in [0.25, 0.3) is 10.9 Å². The second-order valence-corrected chi connectivity index (χ2v) is 8.70. The van der Waals surface area contributed by atoms with E-state index in [-0.39, 0.29) is 18.1 Å². The Hall–Kier alpha value is -2.96. The molecule has 0 spiro atoms. The van der Waals surface area contributed by atoms with Crippen LogP contribution in [0.15, 0.2) is 67.0 Å². The van der Waals surface area contributed by atoms with Crippen molar-refractivity contribution in [3.8, 4) is 0 Å². The van der Waals surface area contributed by atoms with Crippen molar-refractivity contribution < 1.29 is 9.53 Å². The fraction of sp³-hybridized carbons (Fsp3) is 0.385. The molecule has 1 aromatic heterocycles. The van der Waals surface area contributed by atoms with Crippen LogP contribution in [0.3, 0.4) is 0 Å². The quantitative estimate of drug-likeness (QED) is 0.553. The molecule has 6 heteroatoms. The summed E-state index contributed by atoms with van der Waals surface area (Å²) < 4.78 is 8.19. The van der Waals surface area contributed by atoms with Gasteiger partial charge in [0.25, 0.3) is 0 Å². The zero-order chi connectivity index (χ0) is 21.9. The molecular weight excluding hydrogens is 400 g/mol. The minimum atomic E-state index is -0.217. The van der Waals surface area contributed by atoms with E-state index in [0.717, 1.165) is 35.2 Å². The molecule has 2 atom stereocenters. The van der Waals surface area contributed by atoms with E-state index in [1.165, 1.54) is 25.9 Å². The van der Waals surface area contributed by atoms with Gasteiger partial charge < -0.3 is 9.64 Å². The summed E-state index contributed by atoms with van der Waals surface area (Å²) in [7, 11) is 0. The standard InChI is InChI=1S/C26H30N4O2/c1-20(21-7-3-2-4-8-21)32-24-11-14-29(26(31)18-24)23-9-10-25-22(17-23)19-27-30(25)16-15-28-12-5-6-13-28/h2-4,7-11,14,17,19-20,24H,5-6,12-13,15-16,18H2,1H3. The predicted molar refractivity (Wildman–Crippen MR) is 126 cm³/mol. The second kappa shape index (κ2) is 9.27. The van der Waals surface area contributed by atoms with Gasteiger partial charge in [0, 0.05) is 23.8 Å². The molecule has 6 nitrogen and oxygen atoms in total. The van der Waals surface area contributed by atoms with Crippen molar-refractivity contribution in [3.05, 3.63) is 72.6 Å². The van der Waals surface area contributed by atoms with Gasteiger partial charge in [-0.2, -0.15) is 5.10 Å². The Labute approximate surface area is 189 Å². The maximum absolute atomic E-state index is 12.9. The van der Waals surface area contributed by atoms with E-state index in [9.17, 15) is 4.79 Å². The van der Waals surface area contributed by atoms with Crippen LogP contribution in [-0.2, 0) is 16.1 Å². The van der Waals surface area contributed by atoms with E-state index in [4.69, 9.17) is 4.74 Å². The van der Waals surface area contributed by atoms with Gasteiger partial charge in [-0.15, -0.1) is 0 Å². The lowest BCUT2D eigenvalue weighted by atomic mass is 10.1. The summed E-state index contributed by atoms with van der Waals surface area (Å²) in [5.41, 5.74) is 3.09. The van der Waals surface area contributed by atoms with E-state index in [1.54, 1.807) is 4.90 Å². The highest BCUT2D eigenvalue weighted by Crippen LogP contribution is 2.28. The van der Waals surface area contributed by atoms with Gasteiger partial charge in [0.2, 0.25) is 5.91 Å². The lowest BCUT2D eigenvalue weighted by Crippen LogP contribution is -2.34. The number of aromatic nitrogens is 2. The van der Waals surface area contributed by atoms with Crippen molar-refractivity contribution in [1.82, 2.24) is 14.7 Å². The summed E-state index contributed by atoms with van der Waals surface area (Å²) in [6.07, 6.45) is 8.38. The van der Waals surface area contributed by atoms with Crippen LogP contribution < -0.4 is 4.90 Å². The van der Waals surface area contributed by atoms with E-state index in [0.29, 0.717) is 6.42 Å². The van der Waals surface area contributed by atoms with Crippen LogP contribution in [0.2, 0.25) is 0 Å². The Morgan fingerprint density at radius 3 is 2.69 bits per heavy atom. The Morgan fingerprint density at radius 2 is 1.91 bits per heavy atom. The van der Waals surface area contributed by atoms with Crippen LogP contribution in [-0.4, -0.2) is 46.3 Å². The zero-order valence-corrected chi connectivity index (χ0v) is 18.6. The van der Waals surface area contributed by atoms with Crippen LogP contribution in [0.1, 0.15) is 37.9 Å². The Balaban J connectivity index is 1.25. The average molecular weight is 431 g/mol. The molecule has 0 aliphatic carbocycles. The van der Waals surface area contributed by atoms with Gasteiger partial charge in [0.05, 0.1) is 36.9 Å². The maximum Gasteiger partial charge on any atom is 0.233 e. The highest BCUT2D eigenvalue weighted by atomic mass is 16.5. The average Bonchev–Trinajstić information content (AvgIpc) is 3.48. The number of rotatable bonds is 7. The molecule has 2 unspecified atom stereocenters. The summed E-state index contributed by atoms with van der Waals surface area (Å²) in [6.45, 7) is 6.34. The first kappa shape index (κ1) is 20.9.